The second-order valence-electron chi connectivity index (χ2n) is 20.3. The van der Waals surface area contributed by atoms with E-state index in [-0.39, 0.29) is 43.3 Å². The van der Waals surface area contributed by atoms with Gasteiger partial charge in [-0.05, 0) is 135 Å². The van der Waals surface area contributed by atoms with Crippen LogP contribution in [0.4, 0.5) is 30.2 Å². The van der Waals surface area contributed by atoms with Crippen LogP contribution in [0.2, 0.25) is 0 Å². The van der Waals surface area contributed by atoms with Crippen LogP contribution in [0.1, 0.15) is 89.6 Å². The van der Waals surface area contributed by atoms with Crippen molar-refractivity contribution in [1.82, 2.24) is 29.4 Å². The number of carbonyl (C=O) groups is 4. The average Bonchev–Trinajstić information content (AvgIpc) is 4.10. The fourth-order valence-electron chi connectivity index (χ4n) is 11.7. The second-order valence-corrected chi connectivity index (χ2v) is 22.0. The van der Waals surface area contributed by atoms with Gasteiger partial charge < -0.3 is 24.6 Å². The van der Waals surface area contributed by atoms with Gasteiger partial charge in [0.1, 0.15) is 23.7 Å². The zero-order valence-corrected chi connectivity index (χ0v) is 40.1. The molecule has 0 bridgehead atoms. The first-order valence-electron chi connectivity index (χ1n) is 24.7. The highest BCUT2D eigenvalue weighted by atomic mass is 32.2. The molecule has 1 unspecified atom stereocenters. The number of nitrogens with zero attached hydrogens (tertiary/aromatic N) is 6. The summed E-state index contributed by atoms with van der Waals surface area (Å²) in [5.74, 6) is -3.71. The summed E-state index contributed by atoms with van der Waals surface area (Å²) in [6.07, 6.45) is 9.16. The number of hydrogen-bond donors (Lipinski definition) is 3. The Morgan fingerprint density at radius 2 is 1.54 bits per heavy atom. The third-order valence-electron chi connectivity index (χ3n) is 16.1. The minimum absolute atomic E-state index is 0.00732. The number of halogens is 3. The van der Waals surface area contributed by atoms with Crippen molar-refractivity contribution >= 4 is 61.8 Å². The fraction of sp³-hybridized carbons (Fsp3) is 0.442. The topological polar surface area (TPSA) is 171 Å². The van der Waals surface area contributed by atoms with Crippen LogP contribution in [0.15, 0.2) is 73.1 Å². The van der Waals surface area contributed by atoms with E-state index >= 15 is 8.78 Å². The molecule has 11 rings (SSSR count). The quantitative estimate of drug-likeness (QED) is 0.0945. The van der Waals surface area contributed by atoms with Crippen LogP contribution < -0.4 is 19.8 Å². The molecule has 5 saturated heterocycles. The van der Waals surface area contributed by atoms with E-state index in [1.54, 1.807) is 17.2 Å². The van der Waals surface area contributed by atoms with Crippen molar-refractivity contribution in [1.29, 1.82) is 0 Å². The summed E-state index contributed by atoms with van der Waals surface area (Å²) in [6.45, 7) is 7.13. The maximum Gasteiger partial charge on any atom is 0.301 e. The van der Waals surface area contributed by atoms with E-state index < -0.39 is 57.0 Å². The van der Waals surface area contributed by atoms with Gasteiger partial charge in [0.25, 0.3) is 5.91 Å². The third-order valence-corrected chi connectivity index (χ3v) is 17.6. The molecular weight excluding hydrogens is 936 g/mol. The number of rotatable bonds is 11. The lowest BCUT2D eigenvalue weighted by atomic mass is 9.71. The Kier molecular flexibility index (Phi) is 12.4. The number of anilines is 3. The number of H-pyrrole nitrogens is 1. The number of imide groups is 1. The van der Waals surface area contributed by atoms with Crippen LogP contribution in [-0.4, -0.2) is 127 Å². The molecule has 3 aromatic carbocycles. The number of aromatic amines is 1. The first-order valence-corrected chi connectivity index (χ1v) is 26.2. The number of likely N-dealkylation sites (tertiary alicyclic amines) is 1. The number of hydrogen-bond acceptors (Lipinski definition) is 10. The second kappa shape index (κ2) is 18.7. The highest BCUT2D eigenvalue weighted by molar-refractivity contribution is 7.90. The highest BCUT2D eigenvalue weighted by Crippen LogP contribution is 2.43. The first-order chi connectivity index (χ1) is 34.2. The molecule has 6 aliphatic heterocycles. The summed E-state index contributed by atoms with van der Waals surface area (Å²) < 4.78 is 73.3. The van der Waals surface area contributed by atoms with Gasteiger partial charge in [-0.1, -0.05) is 12.1 Å². The third kappa shape index (κ3) is 9.16. The van der Waals surface area contributed by atoms with Crippen LogP contribution in [0.3, 0.4) is 0 Å². The van der Waals surface area contributed by atoms with Crippen molar-refractivity contribution in [2.45, 2.75) is 76.5 Å². The number of aromatic nitrogens is 2. The lowest BCUT2D eigenvalue weighted by molar-refractivity contribution is -0.136. The molecule has 2 aromatic heterocycles. The summed E-state index contributed by atoms with van der Waals surface area (Å²) in [4.78, 5) is 67.7. The molecule has 71 heavy (non-hydrogen) atoms. The zero-order chi connectivity index (χ0) is 49.2. The van der Waals surface area contributed by atoms with Gasteiger partial charge in [-0.2, -0.15) is 12.7 Å². The number of pyridine rings is 1. The SMILES string of the molecule is O=C1CCC(N2Cc3cc(N4CCC(CN5CCC6(CC5)CCN(c5ccc(-c7cnc8[nH]cc(C(=O)c9c(F)ccc(NS(=O)(=O)N%10CC[C@@H](F)C%10)c9F)c8c7)cc5)CC6)CC4)ccc3C2=O)C(=O)N1. The Balaban J connectivity index is 0.660. The number of alkyl halides is 1. The standard InChI is InChI=1S/C52H56F3N9O6S/c53-36-13-20-63(31-36)71(69,70)59-43-8-7-42(54)46(47(43)55)48(66)41-28-57-49-40(41)26-34(27-56-49)33-1-3-37(4-2-33)62-23-16-52(17-24-62)14-21-60(22-15-52)29-32-11-18-61(19-12-32)38-5-6-39-35(25-38)30-64(51(39)68)44-9-10-45(65)58-50(44)67/h1-8,25-28,32,36,44,59H,9-24,29-31H2,(H,56,57)(H,58,65,67)/t36-,44?/m1/s1. The molecule has 8 heterocycles. The smallest absolute Gasteiger partial charge is 0.301 e. The average molecular weight is 992 g/mol. The maximum absolute atomic E-state index is 15.8. The van der Waals surface area contributed by atoms with Gasteiger partial charge in [0.2, 0.25) is 17.6 Å². The van der Waals surface area contributed by atoms with E-state index in [2.05, 4.69) is 52.9 Å². The van der Waals surface area contributed by atoms with E-state index in [0.717, 1.165) is 110 Å². The van der Waals surface area contributed by atoms with Crippen LogP contribution in [0.5, 0.6) is 0 Å². The van der Waals surface area contributed by atoms with Crippen LogP contribution >= 0.6 is 0 Å². The number of ketones is 1. The number of nitrogens with one attached hydrogen (secondary N) is 3. The largest absolute Gasteiger partial charge is 0.372 e. The monoisotopic (exact) mass is 991 g/mol. The predicted molar refractivity (Wildman–Crippen MR) is 262 cm³/mol. The van der Waals surface area contributed by atoms with Crippen molar-refractivity contribution in [3.63, 3.8) is 0 Å². The summed E-state index contributed by atoms with van der Waals surface area (Å²) in [6, 6.07) is 17.1. The van der Waals surface area contributed by atoms with Crippen molar-refractivity contribution in [3.05, 3.63) is 107 Å². The molecule has 19 heteroatoms. The number of benzene rings is 3. The normalized spacial score (nSPS) is 22.4. The minimum atomic E-state index is -4.35. The van der Waals surface area contributed by atoms with Gasteiger partial charge >= 0.3 is 10.2 Å². The van der Waals surface area contributed by atoms with Crippen LogP contribution in [0, 0.1) is 23.0 Å². The van der Waals surface area contributed by atoms with Crippen molar-refractivity contribution in [2.75, 3.05) is 73.4 Å². The van der Waals surface area contributed by atoms with Crippen molar-refractivity contribution in [3.8, 4) is 11.1 Å². The number of piperidine rings is 4. The van der Waals surface area contributed by atoms with Crippen molar-refractivity contribution in [2.24, 2.45) is 11.3 Å². The molecule has 0 aliphatic carbocycles. The van der Waals surface area contributed by atoms with Gasteiger partial charge in [0, 0.05) is 105 Å². The molecule has 2 atom stereocenters. The summed E-state index contributed by atoms with van der Waals surface area (Å²) in [5.41, 5.74) is 4.48. The molecule has 3 N–H and O–H groups in total. The van der Waals surface area contributed by atoms with E-state index in [9.17, 15) is 32.0 Å². The zero-order valence-electron chi connectivity index (χ0n) is 39.3. The van der Waals surface area contributed by atoms with Gasteiger partial charge in [0.15, 0.2) is 5.82 Å². The Morgan fingerprint density at radius 3 is 2.25 bits per heavy atom. The lowest BCUT2D eigenvalue weighted by Crippen LogP contribution is -2.52. The molecule has 3 amide bonds. The van der Waals surface area contributed by atoms with E-state index in [1.165, 1.54) is 19.0 Å². The van der Waals surface area contributed by atoms with E-state index in [4.69, 9.17) is 0 Å². The molecule has 0 radical (unpaired) electrons. The molecule has 5 fully saturated rings. The molecule has 1 spiro atoms. The molecule has 0 saturated carbocycles. The number of fused-ring (bicyclic) bond motifs is 2. The lowest BCUT2D eigenvalue weighted by Gasteiger charge is -2.48. The fourth-order valence-corrected chi connectivity index (χ4v) is 13.0. The number of amides is 3. The van der Waals surface area contributed by atoms with Crippen LogP contribution in [0.25, 0.3) is 22.2 Å². The van der Waals surface area contributed by atoms with Crippen LogP contribution in [-0.2, 0) is 26.3 Å². The van der Waals surface area contributed by atoms with E-state index in [0.29, 0.717) is 46.5 Å². The molecular formula is C52H56F3N9O6S. The molecule has 5 aromatic rings. The molecule has 6 aliphatic rings. The first kappa shape index (κ1) is 47.0. The van der Waals surface area contributed by atoms with Gasteiger partial charge in [-0.3, -0.25) is 29.2 Å². The van der Waals surface area contributed by atoms with E-state index in [1.807, 2.05) is 24.3 Å². The van der Waals surface area contributed by atoms with Crippen molar-refractivity contribution < 1.29 is 40.8 Å². The summed E-state index contributed by atoms with van der Waals surface area (Å²) in [5, 5.41) is 2.72. The molecule has 15 nitrogen and oxygen atoms in total. The summed E-state index contributed by atoms with van der Waals surface area (Å²) in [7, 11) is -4.35. The van der Waals surface area contributed by atoms with Gasteiger partial charge in [-0.15, -0.1) is 0 Å². The Hall–Kier alpha value is -6.31. The van der Waals surface area contributed by atoms with Gasteiger partial charge in [-0.25, -0.2) is 18.2 Å². The Morgan fingerprint density at radius 1 is 0.817 bits per heavy atom. The Bertz CT molecular complexity index is 3030. The molecule has 372 valence electrons. The highest BCUT2D eigenvalue weighted by Gasteiger charge is 2.41. The maximum atomic E-state index is 15.8. The minimum Gasteiger partial charge on any atom is -0.372 e. The summed E-state index contributed by atoms with van der Waals surface area (Å²) >= 11 is 0. The Labute approximate surface area is 409 Å². The van der Waals surface area contributed by atoms with Gasteiger partial charge in [0.05, 0.1) is 11.3 Å². The predicted octanol–water partition coefficient (Wildman–Crippen LogP) is 6.80. The number of carbonyl (C=O) groups excluding carboxylic acids is 4.